The predicted octanol–water partition coefficient (Wildman–Crippen LogP) is 3.15. The molecule has 1 amide bonds. The summed E-state index contributed by atoms with van der Waals surface area (Å²) in [6.45, 7) is 1.70. The van der Waals surface area contributed by atoms with Crippen LogP contribution in [0, 0.1) is 5.92 Å². The molecule has 1 atom stereocenters. The molecule has 0 spiro atoms. The van der Waals surface area contributed by atoms with Crippen molar-refractivity contribution in [2.24, 2.45) is 11.7 Å². The monoisotopic (exact) mass is 463 g/mol. The largest absolute Gasteiger partial charge is 0.381 e. The maximum atomic E-state index is 12.6. The Bertz CT molecular complexity index is 947. The Morgan fingerprint density at radius 1 is 1.13 bits per heavy atom. The van der Waals surface area contributed by atoms with Gasteiger partial charge in [-0.3, -0.25) is 9.78 Å². The fourth-order valence-electron chi connectivity index (χ4n) is 3.59. The van der Waals surface area contributed by atoms with E-state index in [1.807, 2.05) is 53.3 Å². The van der Waals surface area contributed by atoms with Crippen LogP contribution in [0.25, 0.3) is 16.9 Å². The van der Waals surface area contributed by atoms with Crippen LogP contribution in [0.5, 0.6) is 0 Å². The van der Waals surface area contributed by atoms with Gasteiger partial charge < -0.3 is 15.8 Å². The van der Waals surface area contributed by atoms with Gasteiger partial charge in [-0.05, 0) is 43.0 Å². The zero-order valence-corrected chi connectivity index (χ0v) is 18.6. The van der Waals surface area contributed by atoms with Gasteiger partial charge >= 0.3 is 0 Å². The van der Waals surface area contributed by atoms with Crippen LogP contribution in [0.2, 0.25) is 0 Å². The van der Waals surface area contributed by atoms with Crippen molar-refractivity contribution < 1.29 is 9.53 Å². The molecule has 9 heteroatoms. The summed E-state index contributed by atoms with van der Waals surface area (Å²) in [7, 11) is 0. The lowest BCUT2D eigenvalue weighted by Crippen LogP contribution is -2.46. The van der Waals surface area contributed by atoms with Crippen LogP contribution in [-0.4, -0.2) is 39.9 Å². The molecule has 1 aromatic carbocycles. The molecule has 7 nitrogen and oxygen atoms in total. The molecular formula is C22H27Cl2N5O2. The Kier molecular flexibility index (Phi) is 9.45. The number of nitrogens with zero attached hydrogens (tertiary/aromatic N) is 3. The molecule has 1 fully saturated rings. The first kappa shape index (κ1) is 24.8. The van der Waals surface area contributed by atoms with Gasteiger partial charge in [0.25, 0.3) is 0 Å². The quantitative estimate of drug-likeness (QED) is 0.585. The second-order valence-corrected chi connectivity index (χ2v) is 7.21. The van der Waals surface area contributed by atoms with Crippen LogP contribution >= 0.6 is 24.8 Å². The van der Waals surface area contributed by atoms with Gasteiger partial charge in [0.05, 0.1) is 17.4 Å². The minimum absolute atomic E-state index is 0. The number of halogens is 2. The van der Waals surface area contributed by atoms with Crippen molar-refractivity contribution in [1.82, 2.24) is 20.1 Å². The van der Waals surface area contributed by atoms with Gasteiger partial charge in [-0.25, -0.2) is 4.68 Å². The van der Waals surface area contributed by atoms with Gasteiger partial charge in [0, 0.05) is 49.5 Å². The SMILES string of the molecule is Cl.Cl.NC(C(=O)NCc1cn(-c2ccccc2)nc1-c1ccncc1)C1CCOCC1. The number of ether oxygens (including phenoxy) is 1. The third-order valence-electron chi connectivity index (χ3n) is 5.29. The van der Waals surface area contributed by atoms with Crippen molar-refractivity contribution in [2.75, 3.05) is 13.2 Å². The number of hydrogen-bond donors (Lipinski definition) is 2. The van der Waals surface area contributed by atoms with Gasteiger partial charge in [-0.1, -0.05) is 18.2 Å². The molecule has 2 aromatic heterocycles. The summed E-state index contributed by atoms with van der Waals surface area (Å²) in [5.74, 6) is 0.0282. The van der Waals surface area contributed by atoms with Crippen molar-refractivity contribution >= 4 is 30.7 Å². The molecule has 1 aliphatic rings. The normalized spacial score (nSPS) is 14.7. The van der Waals surface area contributed by atoms with Crippen LogP contribution < -0.4 is 11.1 Å². The maximum Gasteiger partial charge on any atom is 0.237 e. The molecule has 0 radical (unpaired) electrons. The number of nitrogens with two attached hydrogens (primary N) is 1. The summed E-state index contributed by atoms with van der Waals surface area (Å²) in [4.78, 5) is 16.7. The molecule has 0 bridgehead atoms. The molecule has 1 saturated heterocycles. The molecule has 0 aliphatic carbocycles. The summed E-state index contributed by atoms with van der Waals surface area (Å²) in [5, 5.41) is 7.75. The van der Waals surface area contributed by atoms with E-state index in [1.54, 1.807) is 12.4 Å². The Hall–Kier alpha value is -2.45. The molecule has 1 unspecified atom stereocenters. The number of amides is 1. The number of benzene rings is 1. The topological polar surface area (TPSA) is 95.1 Å². The van der Waals surface area contributed by atoms with E-state index < -0.39 is 6.04 Å². The number of para-hydroxylation sites is 1. The first-order valence-electron chi connectivity index (χ1n) is 9.88. The van der Waals surface area contributed by atoms with Crippen molar-refractivity contribution in [3.63, 3.8) is 0 Å². The highest BCUT2D eigenvalue weighted by Gasteiger charge is 2.26. The highest BCUT2D eigenvalue weighted by molar-refractivity contribution is 5.85. The first-order chi connectivity index (χ1) is 14.2. The van der Waals surface area contributed by atoms with Gasteiger partial charge in [0.2, 0.25) is 5.91 Å². The second-order valence-electron chi connectivity index (χ2n) is 7.21. The van der Waals surface area contributed by atoms with E-state index in [0.717, 1.165) is 35.3 Å². The summed E-state index contributed by atoms with van der Waals surface area (Å²) in [6.07, 6.45) is 7.07. The number of carbonyl (C=O) groups is 1. The van der Waals surface area contributed by atoms with E-state index in [9.17, 15) is 4.79 Å². The zero-order chi connectivity index (χ0) is 20.1. The Labute approximate surface area is 194 Å². The number of nitrogens with one attached hydrogen (secondary N) is 1. The van der Waals surface area contributed by atoms with E-state index in [0.29, 0.717) is 19.8 Å². The standard InChI is InChI=1S/C22H25N5O2.2ClH/c23-20(16-8-12-29-13-9-16)22(28)25-14-18-15-27(19-4-2-1-3-5-19)26-21(18)17-6-10-24-11-7-17;;/h1-7,10-11,15-16,20H,8-9,12-14,23H2,(H,25,28);2*1H. The lowest BCUT2D eigenvalue weighted by molar-refractivity contribution is -0.124. The third-order valence-corrected chi connectivity index (χ3v) is 5.29. The second kappa shape index (κ2) is 11.8. The smallest absolute Gasteiger partial charge is 0.237 e. The molecule has 1 aliphatic heterocycles. The van der Waals surface area contributed by atoms with Crippen molar-refractivity contribution in [2.45, 2.75) is 25.4 Å². The molecular weight excluding hydrogens is 437 g/mol. The van der Waals surface area contributed by atoms with E-state index in [4.69, 9.17) is 15.6 Å². The molecule has 4 rings (SSSR count). The van der Waals surface area contributed by atoms with E-state index >= 15 is 0 Å². The third kappa shape index (κ3) is 6.04. The van der Waals surface area contributed by atoms with Crippen LogP contribution in [0.4, 0.5) is 0 Å². The fraction of sp³-hybridized carbons (Fsp3) is 0.318. The van der Waals surface area contributed by atoms with Gasteiger partial charge in [0.1, 0.15) is 0 Å². The highest BCUT2D eigenvalue weighted by atomic mass is 35.5. The number of rotatable bonds is 6. The molecule has 3 heterocycles. The Morgan fingerprint density at radius 3 is 2.48 bits per heavy atom. The minimum Gasteiger partial charge on any atom is -0.381 e. The lowest BCUT2D eigenvalue weighted by atomic mass is 9.92. The number of pyridine rings is 1. The Balaban J connectivity index is 0.00000171. The number of carbonyl (C=O) groups excluding carboxylic acids is 1. The first-order valence-corrected chi connectivity index (χ1v) is 9.88. The highest BCUT2D eigenvalue weighted by Crippen LogP contribution is 2.23. The van der Waals surface area contributed by atoms with Crippen molar-refractivity contribution in [3.05, 3.63) is 66.6 Å². The molecule has 0 saturated carbocycles. The van der Waals surface area contributed by atoms with E-state index in [2.05, 4.69) is 10.3 Å². The molecule has 166 valence electrons. The molecule has 31 heavy (non-hydrogen) atoms. The van der Waals surface area contributed by atoms with Crippen molar-refractivity contribution in [3.8, 4) is 16.9 Å². The zero-order valence-electron chi connectivity index (χ0n) is 17.0. The maximum absolute atomic E-state index is 12.6. The summed E-state index contributed by atoms with van der Waals surface area (Å²) in [5.41, 5.74) is 9.85. The van der Waals surface area contributed by atoms with Gasteiger partial charge in [0.15, 0.2) is 0 Å². The summed E-state index contributed by atoms with van der Waals surface area (Å²) in [6, 6.07) is 13.2. The fourth-order valence-corrected chi connectivity index (χ4v) is 3.59. The molecule has 3 aromatic rings. The van der Waals surface area contributed by atoms with E-state index in [1.165, 1.54) is 0 Å². The average molecular weight is 464 g/mol. The van der Waals surface area contributed by atoms with Crippen LogP contribution in [0.3, 0.4) is 0 Å². The Morgan fingerprint density at radius 2 is 1.81 bits per heavy atom. The summed E-state index contributed by atoms with van der Waals surface area (Å²) < 4.78 is 7.19. The number of hydrogen-bond acceptors (Lipinski definition) is 5. The number of aromatic nitrogens is 3. The van der Waals surface area contributed by atoms with E-state index in [-0.39, 0.29) is 36.6 Å². The molecule has 3 N–H and O–H groups in total. The van der Waals surface area contributed by atoms with Gasteiger partial charge in [-0.15, -0.1) is 24.8 Å². The van der Waals surface area contributed by atoms with Gasteiger partial charge in [-0.2, -0.15) is 5.10 Å². The van der Waals surface area contributed by atoms with Crippen LogP contribution in [0.15, 0.2) is 61.1 Å². The predicted molar refractivity (Wildman–Crippen MR) is 125 cm³/mol. The average Bonchev–Trinajstić information content (AvgIpc) is 3.23. The van der Waals surface area contributed by atoms with Crippen LogP contribution in [0.1, 0.15) is 18.4 Å². The van der Waals surface area contributed by atoms with Crippen molar-refractivity contribution in [1.29, 1.82) is 0 Å². The lowest BCUT2D eigenvalue weighted by Gasteiger charge is -2.26. The minimum atomic E-state index is -0.521. The summed E-state index contributed by atoms with van der Waals surface area (Å²) >= 11 is 0. The van der Waals surface area contributed by atoms with Crippen LogP contribution in [-0.2, 0) is 16.1 Å².